The molecule has 0 aromatic heterocycles. The molecule has 2 aliphatic rings. The molecule has 0 aliphatic heterocycles. The van der Waals surface area contributed by atoms with Crippen LogP contribution >= 0.6 is 0 Å². The first kappa shape index (κ1) is 15.2. The first-order valence-corrected chi connectivity index (χ1v) is 7.67. The lowest BCUT2D eigenvalue weighted by molar-refractivity contribution is -0.127. The molecule has 0 spiro atoms. The van der Waals surface area contributed by atoms with E-state index < -0.39 is 11.6 Å². The lowest BCUT2D eigenvalue weighted by atomic mass is 9.84. The summed E-state index contributed by atoms with van der Waals surface area (Å²) in [5.41, 5.74) is 6.12. The maximum Gasteiger partial charge on any atom is 0.225 e. The van der Waals surface area contributed by atoms with E-state index in [0.717, 1.165) is 31.4 Å². The molecule has 22 heavy (non-hydrogen) atoms. The number of carbonyl (C=O) groups is 1. The fraction of sp³-hybridized carbons (Fsp3) is 0.562. The summed E-state index contributed by atoms with van der Waals surface area (Å²) in [6.07, 6.45) is 3.28. The van der Waals surface area contributed by atoms with Crippen molar-refractivity contribution in [2.45, 2.75) is 25.3 Å². The second-order valence-electron chi connectivity index (χ2n) is 6.15. The molecular weight excluding hydrogens is 290 g/mol. The summed E-state index contributed by atoms with van der Waals surface area (Å²) in [6.45, 7) is 0.519. The average molecular weight is 310 g/mol. The van der Waals surface area contributed by atoms with Gasteiger partial charge in [0.1, 0.15) is 12.4 Å². The normalized spacial score (nSPS) is 29.6. The van der Waals surface area contributed by atoms with Crippen LogP contribution < -0.4 is 15.8 Å². The van der Waals surface area contributed by atoms with Crippen LogP contribution in [0.5, 0.6) is 5.75 Å². The minimum absolute atomic E-state index is 0.0198. The van der Waals surface area contributed by atoms with E-state index in [2.05, 4.69) is 5.32 Å². The van der Waals surface area contributed by atoms with Crippen LogP contribution in [0.1, 0.15) is 19.3 Å². The number of amides is 1. The Kier molecular flexibility index (Phi) is 4.29. The molecule has 2 fully saturated rings. The molecule has 3 N–H and O–H groups in total. The van der Waals surface area contributed by atoms with Gasteiger partial charge in [-0.25, -0.2) is 8.78 Å². The van der Waals surface area contributed by atoms with Gasteiger partial charge in [-0.15, -0.1) is 0 Å². The van der Waals surface area contributed by atoms with E-state index in [9.17, 15) is 13.6 Å². The maximum absolute atomic E-state index is 13.0. The predicted octanol–water partition coefficient (Wildman–Crippen LogP) is 1.83. The summed E-state index contributed by atoms with van der Waals surface area (Å²) in [7, 11) is 0. The van der Waals surface area contributed by atoms with E-state index in [4.69, 9.17) is 10.5 Å². The van der Waals surface area contributed by atoms with Gasteiger partial charge >= 0.3 is 0 Å². The van der Waals surface area contributed by atoms with Gasteiger partial charge in [0.25, 0.3) is 0 Å². The molecule has 6 heteroatoms. The Hall–Kier alpha value is -1.69. The fourth-order valence-corrected chi connectivity index (χ4v) is 3.75. The standard InChI is InChI=1S/C16H20F2N2O2/c17-12-4-3-11(8-13(12)18)22-6-5-20-16(21)14-9-1-2-10(7-9)15(14)19/h3-4,8-10,14-15H,1-2,5-7,19H2,(H,20,21). The van der Waals surface area contributed by atoms with Crippen molar-refractivity contribution in [2.24, 2.45) is 23.5 Å². The van der Waals surface area contributed by atoms with Crippen LogP contribution in [0.15, 0.2) is 18.2 Å². The molecule has 0 saturated heterocycles. The Morgan fingerprint density at radius 2 is 2.05 bits per heavy atom. The molecule has 4 nitrogen and oxygen atoms in total. The number of carbonyl (C=O) groups excluding carboxylic acids is 1. The third-order valence-electron chi connectivity index (χ3n) is 4.84. The van der Waals surface area contributed by atoms with E-state index >= 15 is 0 Å². The molecule has 1 aromatic rings. The zero-order valence-electron chi connectivity index (χ0n) is 12.2. The molecule has 2 aliphatic carbocycles. The molecule has 120 valence electrons. The Bertz CT molecular complexity index is 565. The summed E-state index contributed by atoms with van der Waals surface area (Å²) in [4.78, 5) is 12.2. The molecule has 1 aromatic carbocycles. The van der Waals surface area contributed by atoms with Gasteiger partial charge in [0.15, 0.2) is 11.6 Å². The van der Waals surface area contributed by atoms with Crippen LogP contribution in [0.3, 0.4) is 0 Å². The Balaban J connectivity index is 1.43. The highest BCUT2D eigenvalue weighted by atomic mass is 19.2. The molecule has 0 heterocycles. The van der Waals surface area contributed by atoms with Gasteiger partial charge in [-0.05, 0) is 43.2 Å². The SMILES string of the molecule is NC1C2CCC(C2)C1C(=O)NCCOc1ccc(F)c(F)c1. The summed E-state index contributed by atoms with van der Waals surface area (Å²) in [5, 5.41) is 2.82. The molecule has 4 atom stereocenters. The number of hydrogen-bond acceptors (Lipinski definition) is 3. The first-order chi connectivity index (χ1) is 10.6. The highest BCUT2D eigenvalue weighted by Gasteiger charge is 2.48. The van der Waals surface area contributed by atoms with E-state index in [1.807, 2.05) is 0 Å². The van der Waals surface area contributed by atoms with Crippen LogP contribution in [0.4, 0.5) is 8.78 Å². The van der Waals surface area contributed by atoms with Gasteiger partial charge in [0.2, 0.25) is 5.91 Å². The lowest BCUT2D eigenvalue weighted by Crippen LogP contribution is -2.46. The van der Waals surface area contributed by atoms with Gasteiger partial charge < -0.3 is 15.8 Å². The van der Waals surface area contributed by atoms with Crippen molar-refractivity contribution in [2.75, 3.05) is 13.2 Å². The summed E-state index contributed by atoms with van der Waals surface area (Å²) in [6, 6.07) is 3.32. The number of rotatable bonds is 5. The second kappa shape index (κ2) is 6.20. The van der Waals surface area contributed by atoms with Crippen LogP contribution in [0, 0.1) is 29.4 Å². The number of fused-ring (bicyclic) bond motifs is 2. The van der Waals surface area contributed by atoms with Gasteiger partial charge in [0.05, 0.1) is 12.5 Å². The van der Waals surface area contributed by atoms with Crippen molar-refractivity contribution in [3.8, 4) is 5.75 Å². The molecular formula is C16H20F2N2O2. The second-order valence-corrected chi connectivity index (χ2v) is 6.15. The van der Waals surface area contributed by atoms with Crippen molar-refractivity contribution in [3.63, 3.8) is 0 Å². The van der Waals surface area contributed by atoms with E-state index in [1.54, 1.807) is 0 Å². The molecule has 1 amide bonds. The van der Waals surface area contributed by atoms with Crippen LogP contribution in [0.2, 0.25) is 0 Å². The number of nitrogens with two attached hydrogens (primary N) is 1. The smallest absolute Gasteiger partial charge is 0.225 e. The lowest BCUT2D eigenvalue weighted by Gasteiger charge is -2.27. The maximum atomic E-state index is 13.0. The van der Waals surface area contributed by atoms with Crippen molar-refractivity contribution >= 4 is 5.91 Å². The fourth-order valence-electron chi connectivity index (χ4n) is 3.75. The summed E-state index contributed by atoms with van der Waals surface area (Å²) < 4.78 is 31.1. The van der Waals surface area contributed by atoms with Crippen molar-refractivity contribution < 1.29 is 18.3 Å². The van der Waals surface area contributed by atoms with Crippen molar-refractivity contribution in [1.82, 2.24) is 5.32 Å². The molecule has 2 saturated carbocycles. The van der Waals surface area contributed by atoms with Crippen molar-refractivity contribution in [3.05, 3.63) is 29.8 Å². The average Bonchev–Trinajstić information content (AvgIpc) is 3.08. The Morgan fingerprint density at radius 3 is 2.73 bits per heavy atom. The highest BCUT2D eigenvalue weighted by molar-refractivity contribution is 5.80. The topological polar surface area (TPSA) is 64.4 Å². The van der Waals surface area contributed by atoms with Crippen LogP contribution in [-0.2, 0) is 4.79 Å². The summed E-state index contributed by atoms with van der Waals surface area (Å²) in [5.74, 6) is -0.841. The Morgan fingerprint density at radius 1 is 1.27 bits per heavy atom. The molecule has 0 radical (unpaired) electrons. The van der Waals surface area contributed by atoms with Crippen LogP contribution in [-0.4, -0.2) is 25.1 Å². The first-order valence-electron chi connectivity index (χ1n) is 7.67. The van der Waals surface area contributed by atoms with Gasteiger partial charge in [-0.2, -0.15) is 0 Å². The van der Waals surface area contributed by atoms with Crippen LogP contribution in [0.25, 0.3) is 0 Å². The van der Waals surface area contributed by atoms with E-state index in [0.29, 0.717) is 18.4 Å². The number of ether oxygens (including phenoxy) is 1. The third-order valence-corrected chi connectivity index (χ3v) is 4.84. The zero-order chi connectivity index (χ0) is 15.7. The number of hydrogen-bond donors (Lipinski definition) is 2. The van der Waals surface area contributed by atoms with E-state index in [-0.39, 0.29) is 30.2 Å². The van der Waals surface area contributed by atoms with Gasteiger partial charge in [-0.1, -0.05) is 0 Å². The minimum Gasteiger partial charge on any atom is -0.492 e. The quantitative estimate of drug-likeness (QED) is 0.816. The molecule has 4 unspecified atom stereocenters. The molecule has 2 bridgehead atoms. The third kappa shape index (κ3) is 2.92. The largest absolute Gasteiger partial charge is 0.492 e. The highest BCUT2D eigenvalue weighted by Crippen LogP contribution is 2.47. The van der Waals surface area contributed by atoms with E-state index in [1.165, 1.54) is 6.07 Å². The molecule has 3 rings (SSSR count). The number of benzene rings is 1. The minimum atomic E-state index is -0.950. The summed E-state index contributed by atoms with van der Waals surface area (Å²) >= 11 is 0. The monoisotopic (exact) mass is 310 g/mol. The van der Waals surface area contributed by atoms with Crippen molar-refractivity contribution in [1.29, 1.82) is 0 Å². The van der Waals surface area contributed by atoms with Gasteiger partial charge in [-0.3, -0.25) is 4.79 Å². The zero-order valence-corrected chi connectivity index (χ0v) is 12.2. The number of halogens is 2. The number of nitrogens with one attached hydrogen (secondary N) is 1. The predicted molar refractivity (Wildman–Crippen MR) is 77.2 cm³/mol. The van der Waals surface area contributed by atoms with Gasteiger partial charge in [0, 0.05) is 12.1 Å². The Labute approximate surface area is 128 Å².